The number of oxime groups is 1. The number of ether oxygens (including phenoxy) is 1. The third-order valence-electron chi connectivity index (χ3n) is 2.76. The number of nitrogens with zero attached hydrogens (tertiary/aromatic N) is 2. The Morgan fingerprint density at radius 1 is 1.30 bits per heavy atom. The van der Waals surface area contributed by atoms with E-state index in [1.807, 2.05) is 0 Å². The van der Waals surface area contributed by atoms with E-state index in [0.29, 0.717) is 24.3 Å². The summed E-state index contributed by atoms with van der Waals surface area (Å²) in [6, 6.07) is 6.37. The van der Waals surface area contributed by atoms with Crippen molar-refractivity contribution in [3.8, 4) is 0 Å². The number of benzene rings is 1. The standard InChI is InChI=1S/C13H19N3O4/c1-20-9-7-16(6-8-17)13(18)11-4-2-10(3-5-11)12(14)15-19/h2-5,17,19H,6-9H2,1H3,(H2,14,15). The Morgan fingerprint density at radius 2 is 1.90 bits per heavy atom. The lowest BCUT2D eigenvalue weighted by Gasteiger charge is -2.21. The molecular weight excluding hydrogens is 262 g/mol. The summed E-state index contributed by atoms with van der Waals surface area (Å²) >= 11 is 0. The molecule has 0 bridgehead atoms. The first-order valence-corrected chi connectivity index (χ1v) is 6.11. The lowest BCUT2D eigenvalue weighted by molar-refractivity contribution is 0.0656. The van der Waals surface area contributed by atoms with Gasteiger partial charge in [-0.1, -0.05) is 17.3 Å². The number of carbonyl (C=O) groups excluding carboxylic acids is 1. The zero-order valence-corrected chi connectivity index (χ0v) is 11.3. The molecule has 0 saturated heterocycles. The summed E-state index contributed by atoms with van der Waals surface area (Å²) in [7, 11) is 1.55. The maximum atomic E-state index is 12.2. The minimum atomic E-state index is -0.206. The number of nitrogens with two attached hydrogens (primary N) is 1. The summed E-state index contributed by atoms with van der Waals surface area (Å²) in [4.78, 5) is 13.7. The molecule has 1 aromatic rings. The van der Waals surface area contributed by atoms with Crippen LogP contribution >= 0.6 is 0 Å². The van der Waals surface area contributed by atoms with Gasteiger partial charge in [0.2, 0.25) is 0 Å². The first kappa shape index (κ1) is 15.9. The quantitative estimate of drug-likeness (QED) is 0.279. The smallest absolute Gasteiger partial charge is 0.254 e. The molecule has 0 aliphatic heterocycles. The summed E-state index contributed by atoms with van der Waals surface area (Å²) < 4.78 is 4.93. The van der Waals surface area contributed by atoms with Crippen molar-refractivity contribution in [3.63, 3.8) is 0 Å². The molecule has 4 N–H and O–H groups in total. The van der Waals surface area contributed by atoms with E-state index >= 15 is 0 Å². The maximum Gasteiger partial charge on any atom is 0.254 e. The molecule has 0 atom stereocenters. The summed E-state index contributed by atoms with van der Waals surface area (Å²) in [6.07, 6.45) is 0. The summed E-state index contributed by atoms with van der Waals surface area (Å²) in [6.45, 7) is 0.924. The van der Waals surface area contributed by atoms with Gasteiger partial charge in [0.15, 0.2) is 5.84 Å². The highest BCUT2D eigenvalue weighted by molar-refractivity contribution is 5.99. The molecule has 20 heavy (non-hydrogen) atoms. The van der Waals surface area contributed by atoms with E-state index in [0.717, 1.165) is 0 Å². The van der Waals surface area contributed by atoms with E-state index < -0.39 is 0 Å². The Hall–Kier alpha value is -2.12. The minimum absolute atomic E-state index is 0.0180. The van der Waals surface area contributed by atoms with Gasteiger partial charge < -0.3 is 25.7 Å². The number of amidine groups is 1. The Balaban J connectivity index is 2.83. The van der Waals surface area contributed by atoms with Gasteiger partial charge in [-0.3, -0.25) is 4.79 Å². The molecule has 0 heterocycles. The van der Waals surface area contributed by atoms with Gasteiger partial charge >= 0.3 is 0 Å². The van der Waals surface area contributed by atoms with Crippen LogP contribution in [0, 0.1) is 0 Å². The topological polar surface area (TPSA) is 108 Å². The summed E-state index contributed by atoms with van der Waals surface area (Å²) in [5.41, 5.74) is 6.43. The first-order valence-electron chi connectivity index (χ1n) is 6.11. The van der Waals surface area contributed by atoms with Crippen LogP contribution in [0.5, 0.6) is 0 Å². The molecule has 0 fully saturated rings. The lowest BCUT2D eigenvalue weighted by atomic mass is 10.1. The van der Waals surface area contributed by atoms with Gasteiger partial charge in [-0.2, -0.15) is 0 Å². The predicted octanol–water partition coefficient (Wildman–Crippen LogP) is -0.138. The zero-order chi connectivity index (χ0) is 15.0. The Morgan fingerprint density at radius 3 is 2.40 bits per heavy atom. The molecule has 0 radical (unpaired) electrons. The van der Waals surface area contributed by atoms with Crippen LogP contribution in [-0.4, -0.2) is 60.4 Å². The fraction of sp³-hybridized carbons (Fsp3) is 0.385. The number of rotatable bonds is 7. The van der Waals surface area contributed by atoms with Crippen molar-refractivity contribution in [1.29, 1.82) is 0 Å². The van der Waals surface area contributed by atoms with Gasteiger partial charge in [0, 0.05) is 31.3 Å². The van der Waals surface area contributed by atoms with Crippen LogP contribution in [0.2, 0.25) is 0 Å². The average molecular weight is 281 g/mol. The molecule has 1 aromatic carbocycles. The van der Waals surface area contributed by atoms with Crippen LogP contribution in [0.25, 0.3) is 0 Å². The minimum Gasteiger partial charge on any atom is -0.409 e. The number of hydrogen-bond acceptors (Lipinski definition) is 5. The lowest BCUT2D eigenvalue weighted by Crippen LogP contribution is -2.36. The molecule has 110 valence electrons. The van der Waals surface area contributed by atoms with Gasteiger partial charge in [-0.25, -0.2) is 0 Å². The number of amides is 1. The molecule has 7 nitrogen and oxygen atoms in total. The van der Waals surface area contributed by atoms with Crippen molar-refractivity contribution in [2.75, 3.05) is 33.4 Å². The third-order valence-corrected chi connectivity index (χ3v) is 2.76. The largest absolute Gasteiger partial charge is 0.409 e. The van der Waals surface area contributed by atoms with Crippen LogP contribution in [0.3, 0.4) is 0 Å². The number of aliphatic hydroxyl groups excluding tert-OH is 1. The average Bonchev–Trinajstić information content (AvgIpc) is 2.50. The molecule has 0 saturated carbocycles. The maximum absolute atomic E-state index is 12.2. The molecule has 0 unspecified atom stereocenters. The summed E-state index contributed by atoms with van der Waals surface area (Å²) in [5, 5.41) is 20.4. The molecule has 1 amide bonds. The van der Waals surface area contributed by atoms with Crippen LogP contribution in [0.1, 0.15) is 15.9 Å². The van der Waals surface area contributed by atoms with Gasteiger partial charge in [0.1, 0.15) is 0 Å². The van der Waals surface area contributed by atoms with Crippen molar-refractivity contribution >= 4 is 11.7 Å². The fourth-order valence-electron chi connectivity index (χ4n) is 1.66. The Kier molecular flexibility index (Phi) is 6.48. The van der Waals surface area contributed by atoms with E-state index in [2.05, 4.69) is 5.16 Å². The number of carbonyl (C=O) groups is 1. The highest BCUT2D eigenvalue weighted by atomic mass is 16.5. The highest BCUT2D eigenvalue weighted by Crippen LogP contribution is 2.08. The van der Waals surface area contributed by atoms with Gasteiger partial charge in [-0.15, -0.1) is 0 Å². The molecular formula is C13H19N3O4. The third kappa shape index (κ3) is 4.22. The van der Waals surface area contributed by atoms with Gasteiger partial charge in [-0.05, 0) is 12.1 Å². The first-order chi connectivity index (χ1) is 9.63. The van der Waals surface area contributed by atoms with Crippen LogP contribution in [0.15, 0.2) is 29.4 Å². The predicted molar refractivity (Wildman–Crippen MR) is 73.8 cm³/mol. The van der Waals surface area contributed by atoms with E-state index in [1.54, 1.807) is 31.4 Å². The van der Waals surface area contributed by atoms with Gasteiger partial charge in [0.05, 0.1) is 13.2 Å². The zero-order valence-electron chi connectivity index (χ0n) is 11.3. The van der Waals surface area contributed by atoms with Crippen molar-refractivity contribution in [2.45, 2.75) is 0 Å². The Bertz CT molecular complexity index is 459. The van der Waals surface area contributed by atoms with Crippen LogP contribution in [0.4, 0.5) is 0 Å². The number of aliphatic hydroxyl groups is 1. The van der Waals surface area contributed by atoms with Crippen molar-refractivity contribution in [3.05, 3.63) is 35.4 Å². The molecule has 0 aliphatic carbocycles. The summed E-state index contributed by atoms with van der Waals surface area (Å²) in [5.74, 6) is -0.224. The van der Waals surface area contributed by atoms with E-state index in [9.17, 15) is 4.79 Å². The van der Waals surface area contributed by atoms with E-state index in [-0.39, 0.29) is 24.9 Å². The van der Waals surface area contributed by atoms with E-state index in [1.165, 1.54) is 4.90 Å². The van der Waals surface area contributed by atoms with Crippen LogP contribution < -0.4 is 5.73 Å². The normalized spacial score (nSPS) is 11.4. The molecule has 0 spiro atoms. The molecule has 0 aliphatic rings. The number of methoxy groups -OCH3 is 1. The SMILES string of the molecule is COCCN(CCO)C(=O)c1ccc(/C(N)=N/O)cc1. The molecule has 7 heteroatoms. The second kappa shape index (κ2) is 8.13. The second-order valence-electron chi connectivity index (χ2n) is 4.07. The monoisotopic (exact) mass is 281 g/mol. The van der Waals surface area contributed by atoms with Crippen LogP contribution in [-0.2, 0) is 4.74 Å². The van der Waals surface area contributed by atoms with Gasteiger partial charge in [0.25, 0.3) is 5.91 Å². The van der Waals surface area contributed by atoms with Crippen molar-refractivity contribution in [2.24, 2.45) is 10.9 Å². The number of hydrogen-bond donors (Lipinski definition) is 3. The van der Waals surface area contributed by atoms with E-state index in [4.69, 9.17) is 20.8 Å². The molecule has 1 rings (SSSR count). The van der Waals surface area contributed by atoms with Crippen molar-refractivity contribution in [1.82, 2.24) is 4.90 Å². The molecule has 0 aromatic heterocycles. The fourth-order valence-corrected chi connectivity index (χ4v) is 1.66. The highest BCUT2D eigenvalue weighted by Gasteiger charge is 2.15. The van der Waals surface area contributed by atoms with Crippen molar-refractivity contribution < 1.29 is 19.8 Å². The second-order valence-corrected chi connectivity index (χ2v) is 4.07. The Labute approximate surface area is 117 Å².